The van der Waals surface area contributed by atoms with Crippen molar-refractivity contribution in [3.63, 3.8) is 0 Å². The van der Waals surface area contributed by atoms with Crippen molar-refractivity contribution in [3.8, 4) is 16.8 Å². The maximum atomic E-state index is 2.53. The summed E-state index contributed by atoms with van der Waals surface area (Å²) in [4.78, 5) is 1.37. The van der Waals surface area contributed by atoms with Crippen molar-refractivity contribution in [3.05, 3.63) is 186 Å². The van der Waals surface area contributed by atoms with Gasteiger partial charge in [-0.05, 0) is 123 Å². The molecule has 0 amide bonds. The molecule has 0 unspecified atom stereocenters. The molecule has 1 aliphatic heterocycles. The summed E-state index contributed by atoms with van der Waals surface area (Å²) in [5.74, 6) is 0.918. The lowest BCUT2D eigenvalue weighted by molar-refractivity contribution is 1.15. The highest BCUT2D eigenvalue weighted by molar-refractivity contribution is 7.99. The normalized spacial score (nSPS) is 14.5. The summed E-state index contributed by atoms with van der Waals surface area (Å²) in [5.41, 5.74) is 13.0. The molecule has 0 saturated carbocycles. The number of fused-ring (bicyclic) bond motifs is 10. The molecule has 0 fully saturated rings. The van der Waals surface area contributed by atoms with Gasteiger partial charge >= 0.3 is 0 Å². The summed E-state index contributed by atoms with van der Waals surface area (Å²) in [6.07, 6.45) is 8.84. The predicted octanol–water partition coefficient (Wildman–Crippen LogP) is 16.3. The number of hydrogen-bond acceptors (Lipinski definition) is 2. The molecular weight excluding hydrogens is 739 g/mol. The fourth-order valence-corrected chi connectivity index (χ4v) is 11.5. The zero-order valence-corrected chi connectivity index (χ0v) is 35.1. The number of aryl methyl sites for hydroxylation is 2. The highest BCUT2D eigenvalue weighted by atomic mass is 32.2. The monoisotopic (exact) mass is 783 g/mol. The maximum Gasteiger partial charge on any atom is 0.0541 e. The van der Waals surface area contributed by atoms with E-state index in [0.29, 0.717) is 0 Å². The molecule has 0 spiro atoms. The van der Waals surface area contributed by atoms with E-state index in [2.05, 4.69) is 182 Å². The van der Waals surface area contributed by atoms with Crippen LogP contribution in [0.5, 0.6) is 0 Å². The zero-order chi connectivity index (χ0) is 39.3. The third kappa shape index (κ3) is 5.99. The van der Waals surface area contributed by atoms with Crippen LogP contribution >= 0.6 is 23.1 Å². The zero-order valence-electron chi connectivity index (χ0n) is 33.5. The Labute approximate surface area is 349 Å². The van der Waals surface area contributed by atoms with Gasteiger partial charge in [0.25, 0.3) is 0 Å². The summed E-state index contributed by atoms with van der Waals surface area (Å²) < 4.78 is 5.21. The number of thiophene rings is 1. The summed E-state index contributed by atoms with van der Waals surface area (Å²) in [7, 11) is 0. The molecule has 0 aliphatic carbocycles. The molecule has 0 radical (unpaired) electrons. The van der Waals surface area contributed by atoms with E-state index >= 15 is 0 Å². The van der Waals surface area contributed by atoms with Crippen LogP contribution in [0.3, 0.4) is 0 Å². The van der Waals surface area contributed by atoms with E-state index in [1.54, 1.807) is 0 Å². The number of allylic oxidation sites excluding steroid dienone is 3. The van der Waals surface area contributed by atoms with Crippen LogP contribution in [0.15, 0.2) is 169 Å². The lowest BCUT2D eigenvalue weighted by Crippen LogP contribution is -1.99. The molecule has 0 atom stereocenters. The molecule has 10 aromatic rings. The quantitative estimate of drug-likeness (QED) is 0.161. The number of rotatable bonds is 4. The molecule has 3 heteroatoms. The highest BCUT2D eigenvalue weighted by Gasteiger charge is 2.20. The second-order valence-electron chi connectivity index (χ2n) is 15.0. The summed E-state index contributed by atoms with van der Waals surface area (Å²) in [6, 6.07) is 54.8. The van der Waals surface area contributed by atoms with E-state index in [1.165, 1.54) is 113 Å². The molecule has 11 rings (SSSR count). The van der Waals surface area contributed by atoms with Gasteiger partial charge in [-0.25, -0.2) is 0 Å². The lowest BCUT2D eigenvalue weighted by atomic mass is 9.93. The van der Waals surface area contributed by atoms with Gasteiger partial charge in [0.2, 0.25) is 0 Å². The minimum Gasteiger partial charge on any atom is -0.309 e. The van der Waals surface area contributed by atoms with Crippen molar-refractivity contribution in [1.29, 1.82) is 0 Å². The SMILES string of the molecule is CC.CCc1cccc2ccc3ccc(-n4c5ccc(/C6=C/C=C\Cc7ccccc7SC6)cc5c5cc(-c6cccc7c6sc6ccccc67)ccc54)c(C)c3c12. The van der Waals surface area contributed by atoms with E-state index in [-0.39, 0.29) is 0 Å². The Kier molecular flexibility index (Phi) is 9.52. The van der Waals surface area contributed by atoms with Crippen LogP contribution in [0.2, 0.25) is 0 Å². The van der Waals surface area contributed by atoms with Crippen molar-refractivity contribution >= 4 is 92.2 Å². The second kappa shape index (κ2) is 15.1. The van der Waals surface area contributed by atoms with Crippen LogP contribution in [0.4, 0.5) is 0 Å². The van der Waals surface area contributed by atoms with Crippen LogP contribution in [-0.2, 0) is 12.8 Å². The van der Waals surface area contributed by atoms with Gasteiger partial charge in [-0.3, -0.25) is 0 Å². The average Bonchev–Trinajstić information content (AvgIpc) is 3.85. The van der Waals surface area contributed by atoms with Gasteiger partial charge in [-0.2, -0.15) is 0 Å². The Morgan fingerprint density at radius 1 is 0.621 bits per heavy atom. The van der Waals surface area contributed by atoms with Crippen LogP contribution in [-0.4, -0.2) is 10.3 Å². The summed E-state index contributed by atoms with van der Waals surface area (Å²) >= 11 is 3.85. The molecule has 0 bridgehead atoms. The largest absolute Gasteiger partial charge is 0.309 e. The molecule has 3 heterocycles. The van der Waals surface area contributed by atoms with E-state index < -0.39 is 0 Å². The first-order valence-electron chi connectivity index (χ1n) is 20.6. The fourth-order valence-electron chi connectivity index (χ4n) is 9.17. The second-order valence-corrected chi connectivity index (χ2v) is 17.1. The first kappa shape index (κ1) is 36.5. The lowest BCUT2D eigenvalue weighted by Gasteiger charge is -2.17. The minimum absolute atomic E-state index is 0.918. The predicted molar refractivity (Wildman–Crippen MR) is 258 cm³/mol. The Bertz CT molecular complexity index is 3280. The van der Waals surface area contributed by atoms with Crippen molar-refractivity contribution in [1.82, 2.24) is 4.57 Å². The molecule has 8 aromatic carbocycles. The van der Waals surface area contributed by atoms with Gasteiger partial charge in [0, 0.05) is 47.3 Å². The van der Waals surface area contributed by atoms with Gasteiger partial charge in [0.15, 0.2) is 0 Å². The van der Waals surface area contributed by atoms with E-state index in [4.69, 9.17) is 0 Å². The number of benzene rings is 8. The van der Waals surface area contributed by atoms with Gasteiger partial charge in [-0.1, -0.05) is 142 Å². The van der Waals surface area contributed by atoms with Crippen LogP contribution in [0, 0.1) is 6.92 Å². The molecule has 282 valence electrons. The van der Waals surface area contributed by atoms with Crippen LogP contribution in [0.1, 0.15) is 43.0 Å². The maximum absolute atomic E-state index is 2.53. The molecule has 0 saturated heterocycles. The van der Waals surface area contributed by atoms with Crippen molar-refractivity contribution < 1.29 is 0 Å². The van der Waals surface area contributed by atoms with E-state index in [9.17, 15) is 0 Å². The Balaban J connectivity index is 0.00000201. The summed E-state index contributed by atoms with van der Waals surface area (Å²) in [6.45, 7) is 8.60. The van der Waals surface area contributed by atoms with Crippen molar-refractivity contribution in [2.24, 2.45) is 0 Å². The van der Waals surface area contributed by atoms with Gasteiger partial charge < -0.3 is 4.57 Å². The number of aromatic nitrogens is 1. The Morgan fingerprint density at radius 2 is 1.33 bits per heavy atom. The Morgan fingerprint density at radius 3 is 2.17 bits per heavy atom. The molecule has 1 nitrogen and oxygen atoms in total. The summed E-state index contributed by atoms with van der Waals surface area (Å²) in [5, 5.41) is 10.6. The smallest absolute Gasteiger partial charge is 0.0541 e. The minimum atomic E-state index is 0.918. The van der Waals surface area contributed by atoms with E-state index in [0.717, 1.165) is 18.6 Å². The van der Waals surface area contributed by atoms with Gasteiger partial charge in [-0.15, -0.1) is 23.1 Å². The van der Waals surface area contributed by atoms with Crippen LogP contribution < -0.4 is 0 Å². The van der Waals surface area contributed by atoms with Gasteiger partial charge in [0.1, 0.15) is 0 Å². The topological polar surface area (TPSA) is 4.93 Å². The first-order chi connectivity index (χ1) is 28.6. The van der Waals surface area contributed by atoms with Crippen molar-refractivity contribution in [2.45, 2.75) is 45.4 Å². The van der Waals surface area contributed by atoms with Crippen LogP contribution in [0.25, 0.3) is 85.9 Å². The first-order valence-corrected chi connectivity index (χ1v) is 22.4. The Hall–Kier alpha value is -5.87. The third-order valence-corrected chi connectivity index (χ3v) is 14.3. The van der Waals surface area contributed by atoms with E-state index in [1.807, 2.05) is 36.9 Å². The molecule has 2 aromatic heterocycles. The molecule has 0 N–H and O–H groups in total. The number of nitrogens with zero attached hydrogens (tertiary/aromatic N) is 1. The third-order valence-electron chi connectivity index (χ3n) is 11.9. The average molecular weight is 784 g/mol. The number of thioether (sulfide) groups is 1. The number of hydrogen-bond donors (Lipinski definition) is 0. The fraction of sp³-hybridized carbons (Fsp3) is 0.127. The van der Waals surface area contributed by atoms with Gasteiger partial charge in [0.05, 0.1) is 11.0 Å². The molecule has 58 heavy (non-hydrogen) atoms. The molecular formula is C55H45NS2. The standard InChI is InChI=1S/C53H39NS2.C2H6/c1-3-34-15-10-16-36-22-23-37-24-27-46(33(2)51(37)52(34)36)54-47-28-25-38(40-14-5-4-12-35-13-6-8-20-49(35)55-32-40)30-44(47)45-31-39(26-29-48(45)54)41-18-11-19-43-42-17-7-9-21-50(42)56-53(41)43;1-2/h4-11,13-31H,3,12,32H2,1-2H3;1-2H3/b5-4-,40-14+;. The highest BCUT2D eigenvalue weighted by Crippen LogP contribution is 2.44. The molecule has 1 aliphatic rings. The van der Waals surface area contributed by atoms with Crippen molar-refractivity contribution in [2.75, 3.05) is 5.75 Å².